The number of nitrogens with zero attached hydrogens (tertiary/aromatic N) is 2. The van der Waals surface area contributed by atoms with Gasteiger partial charge >= 0.3 is 0 Å². The maximum Gasteiger partial charge on any atom is 0.0546 e. The van der Waals surface area contributed by atoms with Crippen molar-refractivity contribution < 1.29 is 0 Å². The molecule has 2 heteroatoms. The third-order valence-electron chi connectivity index (χ3n) is 14.6. The molecule has 2 nitrogen and oxygen atoms in total. The Morgan fingerprint density at radius 2 is 0.758 bits per heavy atom. The molecule has 0 atom stereocenters. The summed E-state index contributed by atoms with van der Waals surface area (Å²) in [5, 5.41) is 5.21. The van der Waals surface area contributed by atoms with E-state index in [0.29, 0.717) is 0 Å². The van der Waals surface area contributed by atoms with Gasteiger partial charge in [-0.1, -0.05) is 149 Å². The Kier molecular flexibility index (Phi) is 8.22. The molecule has 9 aromatic carbocycles. The summed E-state index contributed by atoms with van der Waals surface area (Å²) < 4.78 is 0. The fourth-order valence-corrected chi connectivity index (χ4v) is 11.5. The molecule has 300 valence electrons. The zero-order valence-corrected chi connectivity index (χ0v) is 36.0. The zero-order valence-electron chi connectivity index (χ0n) is 36.0. The van der Waals surface area contributed by atoms with Gasteiger partial charge in [0.25, 0.3) is 0 Å². The SMILES string of the molecule is CC1(C)c2ccccc2-c2ccc(N(c3ccccc3)c3cc4c(cc(N(c5ccccc5)c5ccc6c(c5)C(C)(C)c5ccccc5-6)c5ccccc54)c4c3CCCC4)cc21. The number of para-hydroxylation sites is 2. The van der Waals surface area contributed by atoms with Crippen LogP contribution in [-0.2, 0) is 23.7 Å². The molecule has 62 heavy (non-hydrogen) atoms. The van der Waals surface area contributed by atoms with Gasteiger partial charge in [-0.25, -0.2) is 0 Å². The van der Waals surface area contributed by atoms with Crippen LogP contribution in [0.3, 0.4) is 0 Å². The lowest BCUT2D eigenvalue weighted by molar-refractivity contribution is 0.660. The van der Waals surface area contributed by atoms with E-state index in [4.69, 9.17) is 0 Å². The van der Waals surface area contributed by atoms with Crippen LogP contribution in [0.1, 0.15) is 73.9 Å². The van der Waals surface area contributed by atoms with Gasteiger partial charge in [-0.2, -0.15) is 0 Å². The molecule has 3 aliphatic carbocycles. The number of anilines is 6. The van der Waals surface area contributed by atoms with Gasteiger partial charge in [0.15, 0.2) is 0 Å². The van der Waals surface area contributed by atoms with Crippen LogP contribution >= 0.6 is 0 Å². The molecule has 0 spiro atoms. The first-order valence-corrected chi connectivity index (χ1v) is 22.5. The summed E-state index contributed by atoms with van der Waals surface area (Å²) >= 11 is 0. The van der Waals surface area contributed by atoms with Crippen LogP contribution in [0.2, 0.25) is 0 Å². The average Bonchev–Trinajstić information content (AvgIpc) is 3.69. The Morgan fingerprint density at radius 3 is 1.32 bits per heavy atom. The summed E-state index contributed by atoms with van der Waals surface area (Å²) in [5.74, 6) is 0. The third kappa shape index (κ3) is 5.42. The second kappa shape index (κ2) is 13.8. The van der Waals surface area contributed by atoms with Crippen molar-refractivity contribution in [2.75, 3.05) is 9.80 Å². The smallest absolute Gasteiger partial charge is 0.0546 e. The third-order valence-corrected chi connectivity index (χ3v) is 14.6. The van der Waals surface area contributed by atoms with Crippen LogP contribution in [0.25, 0.3) is 43.8 Å². The summed E-state index contributed by atoms with van der Waals surface area (Å²) in [5.41, 5.74) is 21.0. The maximum absolute atomic E-state index is 2.56. The molecule has 0 radical (unpaired) electrons. The zero-order chi connectivity index (χ0) is 41.7. The van der Waals surface area contributed by atoms with Crippen LogP contribution in [0, 0.1) is 0 Å². The number of hydrogen-bond acceptors (Lipinski definition) is 2. The Hall–Kier alpha value is -6.90. The molecule has 0 aromatic heterocycles. The van der Waals surface area contributed by atoms with Crippen molar-refractivity contribution in [3.8, 4) is 22.3 Å². The van der Waals surface area contributed by atoms with Crippen LogP contribution in [0.5, 0.6) is 0 Å². The highest BCUT2D eigenvalue weighted by molar-refractivity contribution is 6.17. The predicted molar refractivity (Wildman–Crippen MR) is 263 cm³/mol. The van der Waals surface area contributed by atoms with Crippen LogP contribution in [0.4, 0.5) is 34.1 Å². The molecule has 3 aliphatic rings. The van der Waals surface area contributed by atoms with E-state index in [1.54, 1.807) is 0 Å². The largest absolute Gasteiger partial charge is 0.310 e. The second-order valence-corrected chi connectivity index (χ2v) is 18.7. The van der Waals surface area contributed by atoms with Gasteiger partial charge in [0, 0.05) is 39.0 Å². The molecule has 0 unspecified atom stereocenters. The molecule has 12 rings (SSSR count). The minimum absolute atomic E-state index is 0.0943. The fourth-order valence-electron chi connectivity index (χ4n) is 11.5. The number of benzene rings is 9. The lowest BCUT2D eigenvalue weighted by atomic mass is 9.82. The van der Waals surface area contributed by atoms with Gasteiger partial charge in [-0.05, 0) is 158 Å². The number of hydrogen-bond donors (Lipinski definition) is 0. The lowest BCUT2D eigenvalue weighted by Crippen LogP contribution is -2.18. The van der Waals surface area contributed by atoms with Crippen molar-refractivity contribution in [3.63, 3.8) is 0 Å². The summed E-state index contributed by atoms with van der Waals surface area (Å²) in [7, 11) is 0. The monoisotopic (exact) mass is 798 g/mol. The molecule has 0 amide bonds. The molecular weight excluding hydrogens is 749 g/mol. The van der Waals surface area contributed by atoms with Gasteiger partial charge in [0.2, 0.25) is 0 Å². The predicted octanol–water partition coefficient (Wildman–Crippen LogP) is 16.4. The van der Waals surface area contributed by atoms with Crippen LogP contribution in [-0.4, -0.2) is 0 Å². The first kappa shape index (κ1) is 36.9. The average molecular weight is 799 g/mol. The van der Waals surface area contributed by atoms with Crippen molar-refractivity contribution >= 4 is 55.7 Å². The van der Waals surface area contributed by atoms with Crippen molar-refractivity contribution in [2.24, 2.45) is 0 Å². The Bertz CT molecular complexity index is 3250. The van der Waals surface area contributed by atoms with E-state index in [-0.39, 0.29) is 10.8 Å². The highest BCUT2D eigenvalue weighted by Crippen LogP contribution is 2.54. The van der Waals surface area contributed by atoms with E-state index >= 15 is 0 Å². The maximum atomic E-state index is 2.56. The molecule has 0 saturated heterocycles. The van der Waals surface area contributed by atoms with Crippen molar-refractivity contribution in [2.45, 2.75) is 64.2 Å². The first-order valence-electron chi connectivity index (χ1n) is 22.5. The van der Waals surface area contributed by atoms with Crippen molar-refractivity contribution in [1.29, 1.82) is 0 Å². The molecular formula is C60H50N2. The minimum atomic E-state index is -0.103. The highest BCUT2D eigenvalue weighted by Gasteiger charge is 2.37. The first-order chi connectivity index (χ1) is 30.3. The molecule has 0 aliphatic heterocycles. The summed E-state index contributed by atoms with van der Waals surface area (Å²) in [6.45, 7) is 9.53. The van der Waals surface area contributed by atoms with E-state index in [9.17, 15) is 0 Å². The van der Waals surface area contributed by atoms with Gasteiger partial charge in [0.1, 0.15) is 0 Å². The van der Waals surface area contributed by atoms with Crippen molar-refractivity contribution in [1.82, 2.24) is 0 Å². The summed E-state index contributed by atoms with van der Waals surface area (Å²) in [4.78, 5) is 5.08. The molecule has 0 saturated carbocycles. The van der Waals surface area contributed by atoms with E-state index in [2.05, 4.69) is 219 Å². The second-order valence-electron chi connectivity index (χ2n) is 18.7. The molecule has 9 aromatic rings. The highest BCUT2D eigenvalue weighted by atomic mass is 15.2. The van der Waals surface area contributed by atoms with Crippen LogP contribution in [0.15, 0.2) is 182 Å². The number of rotatable bonds is 6. The molecule has 0 N–H and O–H groups in total. The van der Waals surface area contributed by atoms with Gasteiger partial charge in [0.05, 0.1) is 11.4 Å². The standard InChI is InChI=1S/C60H50N2/c1-59(2)53-29-17-15-25-45(53)47-33-31-41(35-55(47)59)61(39-19-7-5-8-20-39)57-37-51-44-24-12-14-28-50(44)58(38-52(51)43-23-11-13-27-49(43)57)62(40-21-9-6-10-22-40)42-32-34-48-46-26-16-18-30-54(46)60(3,4)56(48)36-42/h5-11,13,15-23,25-27,29-38H,12,14,24,28H2,1-4H3. The number of fused-ring (bicyclic) bond motifs is 11. The topological polar surface area (TPSA) is 6.48 Å². The van der Waals surface area contributed by atoms with Gasteiger partial charge in [-0.15, -0.1) is 0 Å². The van der Waals surface area contributed by atoms with E-state index in [0.717, 1.165) is 18.5 Å². The molecule has 0 heterocycles. The van der Waals surface area contributed by atoms with E-state index < -0.39 is 0 Å². The molecule has 0 bridgehead atoms. The van der Waals surface area contributed by atoms with Gasteiger partial charge in [-0.3, -0.25) is 0 Å². The lowest BCUT2D eigenvalue weighted by Gasteiger charge is -2.33. The summed E-state index contributed by atoms with van der Waals surface area (Å²) in [6.07, 6.45) is 4.48. The Morgan fingerprint density at radius 1 is 0.323 bits per heavy atom. The quantitative estimate of drug-likeness (QED) is 0.155. The van der Waals surface area contributed by atoms with E-state index in [1.807, 2.05) is 0 Å². The fraction of sp³-hybridized carbons (Fsp3) is 0.167. The number of aryl methyl sites for hydroxylation is 1. The van der Waals surface area contributed by atoms with E-state index in [1.165, 1.54) is 118 Å². The Balaban J connectivity index is 1.09. The Labute approximate surface area is 365 Å². The minimum Gasteiger partial charge on any atom is -0.310 e. The normalized spacial score (nSPS) is 15.1. The van der Waals surface area contributed by atoms with Crippen molar-refractivity contribution in [3.05, 3.63) is 215 Å². The van der Waals surface area contributed by atoms with Gasteiger partial charge < -0.3 is 9.80 Å². The molecule has 0 fully saturated rings. The van der Waals surface area contributed by atoms with Crippen LogP contribution < -0.4 is 9.80 Å². The summed E-state index contributed by atoms with van der Waals surface area (Å²) in [6, 6.07) is 68.5.